The van der Waals surface area contributed by atoms with Crippen molar-refractivity contribution in [2.75, 3.05) is 38.2 Å². The number of rotatable bonds is 3. The molecule has 0 N–H and O–H groups in total. The highest BCUT2D eigenvalue weighted by molar-refractivity contribution is 9.10. The van der Waals surface area contributed by atoms with E-state index in [0.717, 1.165) is 32.6 Å². The molecule has 1 amide bonds. The molecule has 1 heterocycles. The van der Waals surface area contributed by atoms with Crippen LogP contribution in [0.3, 0.4) is 0 Å². The van der Waals surface area contributed by atoms with Gasteiger partial charge in [0, 0.05) is 43.4 Å². The van der Waals surface area contributed by atoms with E-state index in [4.69, 9.17) is 4.74 Å². The summed E-state index contributed by atoms with van der Waals surface area (Å²) in [5.41, 5.74) is 3.65. The van der Waals surface area contributed by atoms with Crippen LogP contribution in [0.4, 0.5) is 5.69 Å². The van der Waals surface area contributed by atoms with Crippen LogP contribution in [-0.4, -0.2) is 50.2 Å². The highest BCUT2D eigenvalue weighted by atomic mass is 79.9. The first kappa shape index (κ1) is 26.2. The number of carbonyl (C=O) groups is 1. The van der Waals surface area contributed by atoms with E-state index in [1.165, 1.54) is 35.0 Å². The molecule has 0 unspecified atom stereocenters. The van der Waals surface area contributed by atoms with Gasteiger partial charge in [-0.1, -0.05) is 43.6 Å². The van der Waals surface area contributed by atoms with E-state index in [1.54, 1.807) is 7.11 Å². The monoisotopic (exact) mass is 494 g/mol. The van der Waals surface area contributed by atoms with Gasteiger partial charge in [0.05, 0.1) is 5.60 Å². The van der Waals surface area contributed by atoms with E-state index in [-0.39, 0.29) is 5.60 Å². The zero-order valence-corrected chi connectivity index (χ0v) is 22.5. The van der Waals surface area contributed by atoms with Crippen molar-refractivity contribution in [3.05, 3.63) is 28.2 Å². The van der Waals surface area contributed by atoms with Crippen LogP contribution >= 0.6 is 15.9 Å². The van der Waals surface area contributed by atoms with Crippen LogP contribution in [0.25, 0.3) is 0 Å². The summed E-state index contributed by atoms with van der Waals surface area (Å²) in [7, 11) is 1.71. The summed E-state index contributed by atoms with van der Waals surface area (Å²) >= 11 is 3.69. The lowest BCUT2D eigenvalue weighted by molar-refractivity contribution is -0.118. The Labute approximate surface area is 198 Å². The Morgan fingerprint density at radius 1 is 1.03 bits per heavy atom. The number of piperazine rings is 1. The molecule has 5 heteroatoms. The van der Waals surface area contributed by atoms with Crippen molar-refractivity contribution in [3.63, 3.8) is 0 Å². The summed E-state index contributed by atoms with van der Waals surface area (Å²) in [5.74, 6) is 0.593. The van der Waals surface area contributed by atoms with Crippen LogP contribution in [0, 0.1) is 10.8 Å². The fraction of sp³-hybridized carbons (Fsp3) is 0.731. The molecule has 0 atom stereocenters. The topological polar surface area (TPSA) is 32.8 Å². The third-order valence-corrected chi connectivity index (χ3v) is 6.89. The average molecular weight is 496 g/mol. The second-order valence-corrected chi connectivity index (χ2v) is 12.7. The van der Waals surface area contributed by atoms with Gasteiger partial charge in [0.15, 0.2) is 0 Å². The molecule has 2 fully saturated rings. The summed E-state index contributed by atoms with van der Waals surface area (Å²) in [5, 5.41) is 0. The standard InChI is InChI=1S/C21H31BrN2O.C5H12O/c1-20(2)12-16(13-21(3,4)14-20)18-11-17(22)5-6-19(18)24-9-7-23(15-25)8-10-24;1-5(2,3)6-4/h5-6,11,15-16H,7-10,12-14H2,1-4H3;1-4H3. The maximum Gasteiger partial charge on any atom is 0.209 e. The minimum absolute atomic E-state index is 0.0417. The second kappa shape index (κ2) is 10.2. The fourth-order valence-corrected chi connectivity index (χ4v) is 5.65. The van der Waals surface area contributed by atoms with E-state index in [0.29, 0.717) is 16.7 Å². The number of nitrogens with zero attached hydrogens (tertiary/aromatic N) is 2. The normalized spacial score (nSPS) is 21.3. The molecule has 1 aromatic rings. The summed E-state index contributed by atoms with van der Waals surface area (Å²) in [6.07, 6.45) is 4.76. The first-order valence-electron chi connectivity index (χ1n) is 11.5. The average Bonchev–Trinajstić information content (AvgIpc) is 2.65. The van der Waals surface area contributed by atoms with Crippen molar-refractivity contribution < 1.29 is 9.53 Å². The lowest BCUT2D eigenvalue weighted by Crippen LogP contribution is -2.46. The molecule has 4 nitrogen and oxygen atoms in total. The number of hydrogen-bond donors (Lipinski definition) is 0. The van der Waals surface area contributed by atoms with Crippen molar-refractivity contribution in [2.24, 2.45) is 10.8 Å². The number of carbonyl (C=O) groups excluding carboxylic acids is 1. The maximum atomic E-state index is 11.0. The number of hydrogen-bond acceptors (Lipinski definition) is 3. The number of amides is 1. The molecule has 1 aliphatic carbocycles. The van der Waals surface area contributed by atoms with Crippen molar-refractivity contribution in [1.82, 2.24) is 4.90 Å². The predicted octanol–water partition coefficient (Wildman–Crippen LogP) is 6.48. The maximum absolute atomic E-state index is 11.0. The van der Waals surface area contributed by atoms with Crippen molar-refractivity contribution in [2.45, 2.75) is 79.2 Å². The van der Waals surface area contributed by atoms with E-state index in [1.807, 2.05) is 25.7 Å². The highest BCUT2D eigenvalue weighted by Gasteiger charge is 2.40. The Bertz CT molecular complexity index is 715. The lowest BCUT2D eigenvalue weighted by Gasteiger charge is -2.46. The first-order valence-corrected chi connectivity index (χ1v) is 12.3. The van der Waals surface area contributed by atoms with Gasteiger partial charge in [0.1, 0.15) is 0 Å². The lowest BCUT2D eigenvalue weighted by atomic mass is 9.60. The number of benzene rings is 1. The van der Waals surface area contributed by atoms with Gasteiger partial charge in [-0.05, 0) is 80.5 Å². The van der Waals surface area contributed by atoms with Crippen molar-refractivity contribution >= 4 is 28.0 Å². The molecule has 0 spiro atoms. The van der Waals surface area contributed by atoms with Gasteiger partial charge >= 0.3 is 0 Å². The predicted molar refractivity (Wildman–Crippen MR) is 135 cm³/mol. The van der Waals surface area contributed by atoms with Crippen LogP contribution in [0.2, 0.25) is 0 Å². The summed E-state index contributed by atoms with van der Waals surface area (Å²) in [4.78, 5) is 15.4. The number of ether oxygens (including phenoxy) is 1. The molecule has 0 radical (unpaired) electrons. The zero-order valence-electron chi connectivity index (χ0n) is 20.9. The van der Waals surface area contributed by atoms with E-state index >= 15 is 0 Å². The van der Waals surface area contributed by atoms with Crippen LogP contribution < -0.4 is 4.90 Å². The van der Waals surface area contributed by atoms with E-state index in [2.05, 4.69) is 66.7 Å². The zero-order chi connectivity index (χ0) is 23.4. The molecule has 0 aromatic heterocycles. The molecule has 2 aliphatic rings. The molecule has 1 aliphatic heterocycles. The SMILES string of the molecule is CC1(C)CC(c2cc(Br)ccc2N2CCN(C=O)CC2)CC(C)(C)C1.COC(C)(C)C. The largest absolute Gasteiger partial charge is 0.379 e. The Hall–Kier alpha value is -1.07. The molecule has 1 saturated carbocycles. The van der Waals surface area contributed by atoms with Gasteiger partial charge in [0.25, 0.3) is 0 Å². The van der Waals surface area contributed by atoms with Gasteiger partial charge < -0.3 is 14.5 Å². The summed E-state index contributed by atoms with van der Waals surface area (Å²) in [6, 6.07) is 6.76. The Morgan fingerprint density at radius 2 is 1.55 bits per heavy atom. The second-order valence-electron chi connectivity index (χ2n) is 11.8. The molecule has 31 heavy (non-hydrogen) atoms. The third kappa shape index (κ3) is 8.09. The molecule has 1 saturated heterocycles. The van der Waals surface area contributed by atoms with Crippen molar-refractivity contribution in [1.29, 1.82) is 0 Å². The van der Waals surface area contributed by atoms with Gasteiger partial charge in [-0.25, -0.2) is 0 Å². The minimum Gasteiger partial charge on any atom is -0.379 e. The Kier molecular flexibility index (Phi) is 8.66. The summed E-state index contributed by atoms with van der Waals surface area (Å²) in [6.45, 7) is 19.2. The minimum atomic E-state index is 0.0417. The quantitative estimate of drug-likeness (QED) is 0.450. The molecule has 176 valence electrons. The fourth-order valence-electron chi connectivity index (χ4n) is 5.27. The van der Waals surface area contributed by atoms with Gasteiger partial charge in [0.2, 0.25) is 6.41 Å². The molecular weight excluding hydrogens is 452 g/mol. The van der Waals surface area contributed by atoms with E-state index in [9.17, 15) is 4.79 Å². The Morgan fingerprint density at radius 3 is 2.00 bits per heavy atom. The molecule has 3 rings (SSSR count). The van der Waals surface area contributed by atoms with Crippen molar-refractivity contribution in [3.8, 4) is 0 Å². The summed E-state index contributed by atoms with van der Waals surface area (Å²) < 4.78 is 6.10. The molecule has 0 bridgehead atoms. The Balaban J connectivity index is 0.000000501. The smallest absolute Gasteiger partial charge is 0.209 e. The number of anilines is 1. The number of halogens is 1. The van der Waals surface area contributed by atoms with Crippen LogP contribution in [0.1, 0.15) is 79.2 Å². The van der Waals surface area contributed by atoms with Gasteiger partial charge in [-0.3, -0.25) is 4.79 Å². The van der Waals surface area contributed by atoms with Crippen LogP contribution in [0.5, 0.6) is 0 Å². The van der Waals surface area contributed by atoms with Crippen LogP contribution in [-0.2, 0) is 9.53 Å². The molecular formula is C26H43BrN2O2. The molecule has 1 aromatic carbocycles. The first-order chi connectivity index (χ1) is 14.3. The highest BCUT2D eigenvalue weighted by Crippen LogP contribution is 2.53. The van der Waals surface area contributed by atoms with E-state index < -0.39 is 0 Å². The van der Waals surface area contributed by atoms with Crippen LogP contribution in [0.15, 0.2) is 22.7 Å². The van der Waals surface area contributed by atoms with Gasteiger partial charge in [-0.15, -0.1) is 0 Å². The van der Waals surface area contributed by atoms with Gasteiger partial charge in [-0.2, -0.15) is 0 Å². The third-order valence-electron chi connectivity index (χ3n) is 6.40. The number of methoxy groups -OCH3 is 1.